The van der Waals surface area contributed by atoms with Crippen LogP contribution in [0.4, 0.5) is 0 Å². The third-order valence-electron chi connectivity index (χ3n) is 1.85. The lowest BCUT2D eigenvalue weighted by atomic mass is 10.4. The number of ether oxygens (including phenoxy) is 1. The molecule has 0 aliphatic heterocycles. The highest BCUT2D eigenvalue weighted by Gasteiger charge is 1.99. The maximum absolute atomic E-state index is 5.50. The summed E-state index contributed by atoms with van der Waals surface area (Å²) in [6.45, 7) is 9.49. The Morgan fingerprint density at radius 3 is 2.67 bits per heavy atom. The standard InChI is InChI=1S/C11H19N3O/c1-8(2)12-5-6-15-11-7-9(3)13-10(4)14-11/h7-8,12H,5-6H2,1-4H3. The Hall–Kier alpha value is -1.16. The van der Waals surface area contributed by atoms with Crippen LogP contribution < -0.4 is 10.1 Å². The summed E-state index contributed by atoms with van der Waals surface area (Å²) < 4.78 is 5.50. The van der Waals surface area contributed by atoms with Gasteiger partial charge in [0.2, 0.25) is 5.88 Å². The SMILES string of the molecule is Cc1cc(OCCNC(C)C)nc(C)n1. The molecule has 0 saturated carbocycles. The summed E-state index contributed by atoms with van der Waals surface area (Å²) in [5.74, 6) is 1.41. The molecule has 0 aliphatic carbocycles. The minimum absolute atomic E-state index is 0.488. The fourth-order valence-corrected chi connectivity index (χ4v) is 1.26. The summed E-state index contributed by atoms with van der Waals surface area (Å²) >= 11 is 0. The zero-order valence-corrected chi connectivity index (χ0v) is 9.87. The van der Waals surface area contributed by atoms with E-state index in [2.05, 4.69) is 29.1 Å². The van der Waals surface area contributed by atoms with Crippen LogP contribution in [-0.2, 0) is 0 Å². The Balaban J connectivity index is 2.37. The van der Waals surface area contributed by atoms with Crippen molar-refractivity contribution in [2.75, 3.05) is 13.2 Å². The van der Waals surface area contributed by atoms with Crippen LogP contribution in [0.2, 0.25) is 0 Å². The lowest BCUT2D eigenvalue weighted by Gasteiger charge is -2.09. The van der Waals surface area contributed by atoms with E-state index in [1.165, 1.54) is 0 Å². The molecule has 4 nitrogen and oxygen atoms in total. The molecule has 0 bridgehead atoms. The van der Waals surface area contributed by atoms with E-state index in [1.807, 2.05) is 19.9 Å². The molecule has 0 amide bonds. The van der Waals surface area contributed by atoms with Crippen molar-refractivity contribution in [1.82, 2.24) is 15.3 Å². The molecule has 15 heavy (non-hydrogen) atoms. The number of hydrogen-bond acceptors (Lipinski definition) is 4. The molecular formula is C11H19N3O. The van der Waals surface area contributed by atoms with Gasteiger partial charge in [-0.05, 0) is 13.8 Å². The van der Waals surface area contributed by atoms with Gasteiger partial charge in [-0.15, -0.1) is 0 Å². The predicted molar refractivity (Wildman–Crippen MR) is 60.1 cm³/mol. The third-order valence-corrected chi connectivity index (χ3v) is 1.85. The average molecular weight is 209 g/mol. The summed E-state index contributed by atoms with van der Waals surface area (Å²) in [4.78, 5) is 8.37. The molecule has 1 N–H and O–H groups in total. The second kappa shape index (κ2) is 5.66. The molecule has 1 aromatic rings. The number of rotatable bonds is 5. The van der Waals surface area contributed by atoms with Crippen LogP contribution in [0, 0.1) is 13.8 Å². The molecule has 1 aromatic heterocycles. The minimum atomic E-state index is 0.488. The van der Waals surface area contributed by atoms with Gasteiger partial charge in [0.05, 0.1) is 0 Å². The largest absolute Gasteiger partial charge is 0.476 e. The van der Waals surface area contributed by atoms with Gasteiger partial charge in [-0.25, -0.2) is 4.98 Å². The molecular weight excluding hydrogens is 190 g/mol. The first-order valence-electron chi connectivity index (χ1n) is 5.26. The zero-order chi connectivity index (χ0) is 11.3. The van der Waals surface area contributed by atoms with Crippen LogP contribution in [0.25, 0.3) is 0 Å². The van der Waals surface area contributed by atoms with Gasteiger partial charge < -0.3 is 10.1 Å². The van der Waals surface area contributed by atoms with E-state index in [1.54, 1.807) is 0 Å². The smallest absolute Gasteiger partial charge is 0.216 e. The highest BCUT2D eigenvalue weighted by Crippen LogP contribution is 2.07. The Kier molecular flexibility index (Phi) is 4.49. The second-order valence-electron chi connectivity index (χ2n) is 3.85. The highest BCUT2D eigenvalue weighted by atomic mass is 16.5. The van der Waals surface area contributed by atoms with Crippen molar-refractivity contribution >= 4 is 0 Å². The minimum Gasteiger partial charge on any atom is -0.476 e. The topological polar surface area (TPSA) is 47.0 Å². The summed E-state index contributed by atoms with van der Waals surface area (Å²) in [6, 6.07) is 2.34. The molecule has 1 rings (SSSR count). The van der Waals surface area contributed by atoms with Crippen LogP contribution in [0.15, 0.2) is 6.07 Å². The Labute approximate surface area is 91.1 Å². The molecule has 0 radical (unpaired) electrons. The molecule has 0 unspecified atom stereocenters. The summed E-state index contributed by atoms with van der Waals surface area (Å²) in [7, 11) is 0. The summed E-state index contributed by atoms with van der Waals surface area (Å²) in [5.41, 5.74) is 0.939. The van der Waals surface area contributed by atoms with Crippen LogP contribution in [0.3, 0.4) is 0 Å². The van der Waals surface area contributed by atoms with E-state index < -0.39 is 0 Å². The quantitative estimate of drug-likeness (QED) is 0.746. The van der Waals surface area contributed by atoms with Crippen molar-refractivity contribution in [3.8, 4) is 5.88 Å². The average Bonchev–Trinajstić information content (AvgIpc) is 2.10. The van der Waals surface area contributed by atoms with Crippen LogP contribution in [0.5, 0.6) is 5.88 Å². The van der Waals surface area contributed by atoms with Gasteiger partial charge in [0.25, 0.3) is 0 Å². The molecule has 0 aromatic carbocycles. The van der Waals surface area contributed by atoms with Crippen molar-refractivity contribution in [3.05, 3.63) is 17.6 Å². The van der Waals surface area contributed by atoms with Crippen LogP contribution >= 0.6 is 0 Å². The van der Waals surface area contributed by atoms with Crippen LogP contribution in [-0.4, -0.2) is 29.2 Å². The number of nitrogens with one attached hydrogen (secondary N) is 1. The lowest BCUT2D eigenvalue weighted by molar-refractivity contribution is 0.296. The van der Waals surface area contributed by atoms with Gasteiger partial charge in [-0.1, -0.05) is 13.8 Å². The van der Waals surface area contributed by atoms with Crippen molar-refractivity contribution in [2.45, 2.75) is 33.7 Å². The molecule has 0 saturated heterocycles. The first-order chi connectivity index (χ1) is 7.08. The molecule has 0 spiro atoms. The van der Waals surface area contributed by atoms with Crippen LogP contribution in [0.1, 0.15) is 25.4 Å². The zero-order valence-electron chi connectivity index (χ0n) is 9.87. The van der Waals surface area contributed by atoms with E-state index in [0.717, 1.165) is 18.1 Å². The number of aryl methyl sites for hydroxylation is 2. The first-order valence-corrected chi connectivity index (χ1v) is 5.26. The van der Waals surface area contributed by atoms with E-state index >= 15 is 0 Å². The maximum atomic E-state index is 5.50. The van der Waals surface area contributed by atoms with E-state index in [0.29, 0.717) is 18.5 Å². The number of hydrogen-bond donors (Lipinski definition) is 1. The van der Waals surface area contributed by atoms with Crippen molar-refractivity contribution in [2.24, 2.45) is 0 Å². The molecule has 0 fully saturated rings. The predicted octanol–water partition coefficient (Wildman–Crippen LogP) is 1.47. The summed E-state index contributed by atoms with van der Waals surface area (Å²) in [6.07, 6.45) is 0. The van der Waals surface area contributed by atoms with E-state index in [9.17, 15) is 0 Å². The van der Waals surface area contributed by atoms with Gasteiger partial charge in [-0.2, -0.15) is 4.98 Å². The monoisotopic (exact) mass is 209 g/mol. The Morgan fingerprint density at radius 2 is 2.07 bits per heavy atom. The van der Waals surface area contributed by atoms with E-state index in [4.69, 9.17) is 4.74 Å². The Bertz CT molecular complexity index is 292. The van der Waals surface area contributed by atoms with Gasteiger partial charge in [0, 0.05) is 24.3 Å². The summed E-state index contributed by atoms with van der Waals surface area (Å²) in [5, 5.41) is 3.28. The molecule has 0 aliphatic rings. The number of nitrogens with zero attached hydrogens (tertiary/aromatic N) is 2. The van der Waals surface area contributed by atoms with E-state index in [-0.39, 0.29) is 0 Å². The van der Waals surface area contributed by atoms with Gasteiger partial charge in [0.15, 0.2) is 0 Å². The fraction of sp³-hybridized carbons (Fsp3) is 0.636. The van der Waals surface area contributed by atoms with Gasteiger partial charge in [-0.3, -0.25) is 0 Å². The van der Waals surface area contributed by atoms with Gasteiger partial charge in [0.1, 0.15) is 12.4 Å². The molecule has 4 heteroatoms. The molecule has 84 valence electrons. The van der Waals surface area contributed by atoms with Gasteiger partial charge >= 0.3 is 0 Å². The molecule has 0 atom stereocenters. The first kappa shape index (κ1) is 11.9. The Morgan fingerprint density at radius 1 is 1.33 bits per heavy atom. The molecule has 1 heterocycles. The normalized spacial score (nSPS) is 10.7. The van der Waals surface area contributed by atoms with Crippen molar-refractivity contribution < 1.29 is 4.74 Å². The maximum Gasteiger partial charge on any atom is 0.216 e. The highest BCUT2D eigenvalue weighted by molar-refractivity contribution is 5.14. The number of aromatic nitrogens is 2. The lowest BCUT2D eigenvalue weighted by Crippen LogP contribution is -2.27. The van der Waals surface area contributed by atoms with Crippen molar-refractivity contribution in [1.29, 1.82) is 0 Å². The van der Waals surface area contributed by atoms with Crippen molar-refractivity contribution in [3.63, 3.8) is 0 Å². The second-order valence-corrected chi connectivity index (χ2v) is 3.85. The third kappa shape index (κ3) is 4.74. The fourth-order valence-electron chi connectivity index (χ4n) is 1.26.